The van der Waals surface area contributed by atoms with Crippen LogP contribution in [0.15, 0.2) is 48.5 Å². The van der Waals surface area contributed by atoms with Gasteiger partial charge in [0.05, 0.1) is 12.8 Å². The molecule has 2 unspecified atom stereocenters. The van der Waals surface area contributed by atoms with Crippen LogP contribution in [-0.4, -0.2) is 43.7 Å². The van der Waals surface area contributed by atoms with Crippen molar-refractivity contribution in [2.45, 2.75) is 25.7 Å². The molecule has 0 fully saturated rings. The van der Waals surface area contributed by atoms with Crippen molar-refractivity contribution in [3.8, 4) is 0 Å². The fraction of sp³-hybridized carbons (Fsp3) is 0.250. The van der Waals surface area contributed by atoms with E-state index >= 15 is 0 Å². The third-order valence-electron chi connectivity index (χ3n) is 4.98. The van der Waals surface area contributed by atoms with Crippen LogP contribution in [0.4, 0.5) is 10.3 Å². The summed E-state index contributed by atoms with van der Waals surface area (Å²) in [4.78, 5) is 24.5. The van der Waals surface area contributed by atoms with Crippen LogP contribution in [0.1, 0.15) is 21.1 Å². The predicted octanol–water partition coefficient (Wildman–Crippen LogP) is 3.27. The number of thioether (sulfide) groups is 1. The van der Waals surface area contributed by atoms with Gasteiger partial charge in [-0.25, -0.2) is 0 Å². The molecule has 0 saturated carbocycles. The van der Waals surface area contributed by atoms with E-state index in [9.17, 15) is 9.59 Å². The summed E-state index contributed by atoms with van der Waals surface area (Å²) in [7, 11) is 5.27. The van der Waals surface area contributed by atoms with Crippen LogP contribution in [-0.2, 0) is 35.3 Å². The Morgan fingerprint density at radius 2 is 1.19 bits per heavy atom. The van der Waals surface area contributed by atoms with E-state index in [0.29, 0.717) is 23.1 Å². The maximum absolute atomic E-state index is 12.3. The molecule has 8 nitrogen and oxygen atoms in total. The summed E-state index contributed by atoms with van der Waals surface area (Å²) < 4.78 is 0. The Kier molecular flexibility index (Phi) is 10.5. The van der Waals surface area contributed by atoms with E-state index < -0.39 is 0 Å². The van der Waals surface area contributed by atoms with Crippen LogP contribution in [0.5, 0.6) is 0 Å². The molecule has 0 saturated heterocycles. The molecule has 0 bridgehead atoms. The molecular weight excluding hydrogens is 562 g/mol. The topological polar surface area (TPSA) is 110 Å². The molecule has 2 amide bonds. The van der Waals surface area contributed by atoms with Crippen molar-refractivity contribution in [2.24, 2.45) is 0 Å². The lowest BCUT2D eigenvalue weighted by molar-refractivity contribution is -0.116. The first-order valence-electron chi connectivity index (χ1n) is 11.4. The molecule has 0 aliphatic carbocycles. The second-order valence-corrected chi connectivity index (χ2v) is 12.7. The van der Waals surface area contributed by atoms with Crippen molar-refractivity contribution in [2.75, 3.05) is 22.1 Å². The first-order valence-corrected chi connectivity index (χ1v) is 15.4. The quantitative estimate of drug-likeness (QED) is 0.193. The zero-order valence-electron chi connectivity index (χ0n) is 19.8. The van der Waals surface area contributed by atoms with Gasteiger partial charge in [-0.15, -0.1) is 38.9 Å². The van der Waals surface area contributed by atoms with Crippen LogP contribution in [0.2, 0.25) is 0 Å². The molecule has 2 aromatic carbocycles. The molecule has 4 rings (SSSR count). The minimum absolute atomic E-state index is 0.102. The number of benzene rings is 2. The number of anilines is 2. The van der Waals surface area contributed by atoms with E-state index in [1.165, 1.54) is 22.7 Å². The summed E-state index contributed by atoms with van der Waals surface area (Å²) in [6.45, 7) is 0. The van der Waals surface area contributed by atoms with Gasteiger partial charge in [0.25, 0.3) is 0 Å². The van der Waals surface area contributed by atoms with Crippen molar-refractivity contribution >= 4 is 85.6 Å². The van der Waals surface area contributed by atoms with E-state index in [1.807, 2.05) is 48.5 Å². The Morgan fingerprint density at radius 3 is 1.62 bits per heavy atom. The highest BCUT2D eigenvalue weighted by molar-refractivity contribution is 7.99. The third kappa shape index (κ3) is 9.51. The van der Waals surface area contributed by atoms with Crippen molar-refractivity contribution in [1.82, 2.24) is 20.4 Å². The summed E-state index contributed by atoms with van der Waals surface area (Å²) in [6, 6.07) is 15.6. The molecular formula is C24H26N6O2P2S3. The van der Waals surface area contributed by atoms with Gasteiger partial charge in [0.15, 0.2) is 0 Å². The molecule has 2 atom stereocenters. The highest BCUT2D eigenvalue weighted by atomic mass is 32.2. The van der Waals surface area contributed by atoms with Crippen LogP contribution in [0.3, 0.4) is 0 Å². The van der Waals surface area contributed by atoms with Crippen LogP contribution in [0, 0.1) is 0 Å². The highest BCUT2D eigenvalue weighted by Crippen LogP contribution is 2.20. The fourth-order valence-electron chi connectivity index (χ4n) is 3.34. The van der Waals surface area contributed by atoms with Crippen molar-refractivity contribution in [3.63, 3.8) is 0 Å². The van der Waals surface area contributed by atoms with Crippen LogP contribution < -0.4 is 21.2 Å². The maximum atomic E-state index is 12.3. The van der Waals surface area contributed by atoms with Crippen LogP contribution >= 0.6 is 52.9 Å². The number of hydrogen-bond donors (Lipinski definition) is 2. The van der Waals surface area contributed by atoms with Gasteiger partial charge < -0.3 is 10.6 Å². The molecule has 192 valence electrons. The summed E-state index contributed by atoms with van der Waals surface area (Å²) in [5.41, 5.74) is 1.91. The van der Waals surface area contributed by atoms with Gasteiger partial charge in [0.1, 0.15) is 10.0 Å². The van der Waals surface area contributed by atoms with Crippen molar-refractivity contribution < 1.29 is 9.59 Å². The highest BCUT2D eigenvalue weighted by Gasteiger charge is 2.11. The summed E-state index contributed by atoms with van der Waals surface area (Å²) in [6.07, 6.45) is 2.16. The normalized spacial score (nSPS) is 10.9. The summed E-state index contributed by atoms with van der Waals surface area (Å²) in [5, 5.41) is 27.1. The Balaban J connectivity index is 1.12. The van der Waals surface area contributed by atoms with Gasteiger partial charge in [-0.1, -0.05) is 71.2 Å². The largest absolute Gasteiger partial charge is 0.300 e. The van der Waals surface area contributed by atoms with E-state index in [4.69, 9.17) is 0 Å². The average Bonchev–Trinajstić information content (AvgIpc) is 3.48. The standard InChI is InChI=1S/C24H26N6O2P2S3/c31-19(13-15-3-1-5-17(33)11-15)25-23-29-27-21(36-23)7-9-35-10-8-22-28-30-24(37-22)26-20(32)14-16-4-2-6-18(34)12-16/h1-6,11-12H,7-10,13-14,33-34H2,(H,25,29,31)(H,26,30,32). The number of aromatic nitrogens is 4. The molecule has 2 N–H and O–H groups in total. The number of aryl methyl sites for hydroxylation is 2. The van der Waals surface area contributed by atoms with Gasteiger partial charge in [-0.05, 0) is 33.2 Å². The van der Waals surface area contributed by atoms with Gasteiger partial charge in [0, 0.05) is 12.8 Å². The van der Waals surface area contributed by atoms with Gasteiger partial charge in [0.2, 0.25) is 22.1 Å². The minimum Gasteiger partial charge on any atom is -0.300 e. The number of carbonyl (C=O) groups is 2. The molecule has 2 heterocycles. The summed E-state index contributed by atoms with van der Waals surface area (Å²) in [5.74, 6) is 1.57. The third-order valence-corrected chi connectivity index (χ3v) is 8.48. The molecule has 13 heteroatoms. The van der Waals surface area contributed by atoms with Gasteiger partial charge in [-0.2, -0.15) is 11.8 Å². The second kappa shape index (κ2) is 14.0. The lowest BCUT2D eigenvalue weighted by atomic mass is 10.1. The number of rotatable bonds is 12. The number of carbonyl (C=O) groups excluding carboxylic acids is 2. The van der Waals surface area contributed by atoms with Crippen LogP contribution in [0.25, 0.3) is 0 Å². The minimum atomic E-state index is -0.102. The van der Waals surface area contributed by atoms with Crippen molar-refractivity contribution in [1.29, 1.82) is 0 Å². The average molecular weight is 589 g/mol. The second-order valence-electron chi connectivity index (χ2n) is 8.05. The number of nitrogens with one attached hydrogen (secondary N) is 2. The first-order chi connectivity index (χ1) is 17.9. The molecule has 37 heavy (non-hydrogen) atoms. The zero-order valence-corrected chi connectivity index (χ0v) is 24.6. The lowest BCUT2D eigenvalue weighted by Crippen LogP contribution is -2.14. The number of hydrogen-bond acceptors (Lipinski definition) is 9. The van der Waals surface area contributed by atoms with E-state index in [2.05, 4.69) is 49.5 Å². The number of nitrogens with zero attached hydrogens (tertiary/aromatic N) is 4. The molecule has 0 aliphatic heterocycles. The molecule has 2 aromatic heterocycles. The Labute approximate surface area is 232 Å². The zero-order chi connectivity index (χ0) is 26.0. The van der Waals surface area contributed by atoms with Crippen molar-refractivity contribution in [3.05, 3.63) is 69.7 Å². The summed E-state index contributed by atoms with van der Waals surface area (Å²) >= 11 is 4.61. The molecule has 4 aromatic rings. The van der Waals surface area contributed by atoms with E-state index in [1.54, 1.807) is 11.8 Å². The Bertz CT molecular complexity index is 1260. The lowest BCUT2D eigenvalue weighted by Gasteiger charge is -2.02. The SMILES string of the molecule is O=C(Cc1cccc(P)c1)Nc1nnc(CCSCCc2nnc(NC(=O)Cc3cccc(P)c3)s2)s1. The molecule has 0 spiro atoms. The van der Waals surface area contributed by atoms with E-state index in [0.717, 1.165) is 56.1 Å². The Morgan fingerprint density at radius 1 is 0.730 bits per heavy atom. The fourth-order valence-corrected chi connectivity index (χ4v) is 6.63. The maximum Gasteiger partial charge on any atom is 0.230 e. The number of amides is 2. The van der Waals surface area contributed by atoms with E-state index in [-0.39, 0.29) is 11.8 Å². The smallest absolute Gasteiger partial charge is 0.230 e. The molecule has 0 aliphatic rings. The first kappa shape index (κ1) is 27.7. The predicted molar refractivity (Wildman–Crippen MR) is 161 cm³/mol. The van der Waals surface area contributed by atoms with Gasteiger partial charge >= 0.3 is 0 Å². The Hall–Kier alpha value is -2.29. The molecule has 0 radical (unpaired) electrons. The monoisotopic (exact) mass is 588 g/mol. The van der Waals surface area contributed by atoms with Gasteiger partial charge in [-0.3, -0.25) is 9.59 Å².